The van der Waals surface area contributed by atoms with Gasteiger partial charge in [-0.15, -0.1) is 11.3 Å². The number of hydrogen-bond acceptors (Lipinski definition) is 4. The lowest BCUT2D eigenvalue weighted by Crippen LogP contribution is -2.45. The molecule has 0 saturated carbocycles. The second-order valence-electron chi connectivity index (χ2n) is 6.13. The van der Waals surface area contributed by atoms with Crippen LogP contribution in [0.5, 0.6) is 0 Å². The SMILES string of the molecule is CC(NC(=O)c1ccc(Br)s1)C(=O)NCCC(=O)N1CCCCCC1. The van der Waals surface area contributed by atoms with E-state index in [1.54, 1.807) is 19.1 Å². The maximum atomic E-state index is 12.2. The van der Waals surface area contributed by atoms with E-state index in [4.69, 9.17) is 0 Å². The Morgan fingerprint density at radius 1 is 1.20 bits per heavy atom. The number of carbonyl (C=O) groups is 3. The summed E-state index contributed by atoms with van der Waals surface area (Å²) in [5.41, 5.74) is 0. The smallest absolute Gasteiger partial charge is 0.262 e. The molecule has 0 bridgehead atoms. The summed E-state index contributed by atoms with van der Waals surface area (Å²) in [6, 6.07) is 2.84. The minimum absolute atomic E-state index is 0.0855. The van der Waals surface area contributed by atoms with Crippen LogP contribution in [0, 0.1) is 0 Å². The van der Waals surface area contributed by atoms with Crippen LogP contribution in [0.4, 0.5) is 0 Å². The summed E-state index contributed by atoms with van der Waals surface area (Å²) < 4.78 is 0.863. The minimum Gasteiger partial charge on any atom is -0.354 e. The largest absolute Gasteiger partial charge is 0.354 e. The molecule has 1 atom stereocenters. The van der Waals surface area contributed by atoms with Crippen LogP contribution in [0.1, 0.15) is 48.7 Å². The van der Waals surface area contributed by atoms with Crippen molar-refractivity contribution in [1.82, 2.24) is 15.5 Å². The number of amides is 3. The van der Waals surface area contributed by atoms with Crippen LogP contribution in [0.15, 0.2) is 15.9 Å². The van der Waals surface area contributed by atoms with Gasteiger partial charge in [-0.2, -0.15) is 0 Å². The third-order valence-corrected chi connectivity index (χ3v) is 5.76. The number of hydrogen-bond donors (Lipinski definition) is 2. The molecular weight excluding hydrogens is 406 g/mol. The molecule has 138 valence electrons. The van der Waals surface area contributed by atoms with E-state index in [2.05, 4.69) is 26.6 Å². The van der Waals surface area contributed by atoms with Crippen LogP contribution in [0.2, 0.25) is 0 Å². The third-order valence-electron chi connectivity index (χ3n) is 4.13. The molecule has 0 radical (unpaired) electrons. The Hall–Kier alpha value is -1.41. The van der Waals surface area contributed by atoms with Crippen molar-refractivity contribution in [3.05, 3.63) is 20.8 Å². The average Bonchev–Trinajstić information content (AvgIpc) is 2.85. The molecule has 1 aliphatic rings. The molecule has 1 saturated heterocycles. The molecule has 2 rings (SSSR count). The molecule has 2 N–H and O–H groups in total. The number of thiophene rings is 1. The lowest BCUT2D eigenvalue weighted by Gasteiger charge is -2.20. The molecule has 0 aromatic carbocycles. The van der Waals surface area contributed by atoms with Crippen molar-refractivity contribution >= 4 is 45.0 Å². The molecule has 8 heteroatoms. The predicted octanol–water partition coefficient (Wildman–Crippen LogP) is 2.54. The van der Waals surface area contributed by atoms with Crippen molar-refractivity contribution in [2.45, 2.75) is 45.1 Å². The van der Waals surface area contributed by atoms with E-state index in [1.807, 2.05) is 4.90 Å². The van der Waals surface area contributed by atoms with Crippen LogP contribution in [-0.4, -0.2) is 48.3 Å². The van der Waals surface area contributed by atoms with E-state index in [9.17, 15) is 14.4 Å². The molecule has 1 aromatic heterocycles. The zero-order valence-corrected chi connectivity index (χ0v) is 16.7. The minimum atomic E-state index is -0.651. The van der Waals surface area contributed by atoms with Crippen molar-refractivity contribution in [2.24, 2.45) is 0 Å². The van der Waals surface area contributed by atoms with Gasteiger partial charge < -0.3 is 15.5 Å². The Morgan fingerprint density at radius 3 is 2.48 bits per heavy atom. The first-order valence-corrected chi connectivity index (χ1v) is 10.2. The Bertz CT molecular complexity index is 612. The first-order chi connectivity index (χ1) is 12.0. The summed E-state index contributed by atoms with van der Waals surface area (Å²) in [5, 5.41) is 5.39. The number of likely N-dealkylation sites (tertiary alicyclic amines) is 1. The highest BCUT2D eigenvalue weighted by Crippen LogP contribution is 2.21. The summed E-state index contributed by atoms with van der Waals surface area (Å²) in [6.45, 7) is 3.55. The van der Waals surface area contributed by atoms with Gasteiger partial charge in [0.05, 0.1) is 8.66 Å². The monoisotopic (exact) mass is 429 g/mol. The highest BCUT2D eigenvalue weighted by Gasteiger charge is 2.19. The standard InChI is InChI=1S/C17H24BrN3O3S/c1-12(20-17(24)13-6-7-14(18)25-13)16(23)19-9-8-15(22)21-10-4-2-3-5-11-21/h6-7,12H,2-5,8-11H2,1H3,(H,19,23)(H,20,24). The highest BCUT2D eigenvalue weighted by molar-refractivity contribution is 9.11. The van der Waals surface area contributed by atoms with Crippen LogP contribution in [-0.2, 0) is 9.59 Å². The summed E-state index contributed by atoms with van der Waals surface area (Å²) in [5.74, 6) is -0.478. The molecule has 0 spiro atoms. The van der Waals surface area contributed by atoms with Crippen molar-refractivity contribution in [1.29, 1.82) is 0 Å². The zero-order chi connectivity index (χ0) is 18.2. The van der Waals surface area contributed by atoms with E-state index in [0.717, 1.165) is 29.7 Å². The first-order valence-electron chi connectivity index (χ1n) is 8.59. The van der Waals surface area contributed by atoms with Crippen molar-refractivity contribution in [3.8, 4) is 0 Å². The van der Waals surface area contributed by atoms with Crippen LogP contribution < -0.4 is 10.6 Å². The molecule has 1 fully saturated rings. The number of nitrogens with zero attached hydrogens (tertiary/aromatic N) is 1. The lowest BCUT2D eigenvalue weighted by atomic mass is 10.2. The van der Waals surface area contributed by atoms with Crippen molar-refractivity contribution in [3.63, 3.8) is 0 Å². The number of nitrogens with one attached hydrogen (secondary N) is 2. The lowest BCUT2D eigenvalue weighted by molar-refractivity contribution is -0.131. The van der Waals surface area contributed by atoms with E-state index in [-0.39, 0.29) is 17.7 Å². The van der Waals surface area contributed by atoms with Gasteiger partial charge in [0.1, 0.15) is 6.04 Å². The molecule has 6 nitrogen and oxygen atoms in total. The van der Waals surface area contributed by atoms with Crippen molar-refractivity contribution in [2.75, 3.05) is 19.6 Å². The molecular formula is C17H24BrN3O3S. The summed E-state index contributed by atoms with van der Waals surface area (Å²) in [7, 11) is 0. The van der Waals surface area contributed by atoms with E-state index >= 15 is 0 Å². The first kappa shape index (κ1) is 19.9. The van der Waals surface area contributed by atoms with Crippen molar-refractivity contribution < 1.29 is 14.4 Å². The fraction of sp³-hybridized carbons (Fsp3) is 0.588. The molecule has 1 aromatic rings. The second-order valence-corrected chi connectivity index (χ2v) is 8.60. The van der Waals surface area contributed by atoms with Gasteiger partial charge in [0.25, 0.3) is 5.91 Å². The maximum Gasteiger partial charge on any atom is 0.262 e. The van der Waals surface area contributed by atoms with E-state index in [1.165, 1.54) is 24.2 Å². The summed E-state index contributed by atoms with van der Waals surface area (Å²) >= 11 is 4.62. The Labute approximate surface area is 160 Å². The molecule has 3 amide bonds. The highest BCUT2D eigenvalue weighted by atomic mass is 79.9. The summed E-state index contributed by atoms with van der Waals surface area (Å²) in [4.78, 5) is 38.7. The van der Waals surface area contributed by atoms with Gasteiger partial charge >= 0.3 is 0 Å². The fourth-order valence-corrected chi connectivity index (χ4v) is 3.98. The van der Waals surface area contributed by atoms with Gasteiger partial charge in [0, 0.05) is 26.1 Å². The average molecular weight is 430 g/mol. The Morgan fingerprint density at radius 2 is 1.88 bits per heavy atom. The number of carbonyl (C=O) groups excluding carboxylic acids is 3. The third kappa shape index (κ3) is 6.43. The zero-order valence-electron chi connectivity index (χ0n) is 14.3. The van der Waals surface area contributed by atoms with Crippen LogP contribution >= 0.6 is 27.3 Å². The van der Waals surface area contributed by atoms with Gasteiger partial charge in [-0.25, -0.2) is 0 Å². The topological polar surface area (TPSA) is 78.5 Å². The summed E-state index contributed by atoms with van der Waals surface area (Å²) in [6.07, 6.45) is 4.77. The van der Waals surface area contributed by atoms with Gasteiger partial charge in [0.15, 0.2) is 0 Å². The normalized spacial score (nSPS) is 16.0. The molecule has 0 aliphatic carbocycles. The van der Waals surface area contributed by atoms with E-state index < -0.39 is 6.04 Å². The van der Waals surface area contributed by atoms with Crippen LogP contribution in [0.25, 0.3) is 0 Å². The van der Waals surface area contributed by atoms with Crippen LogP contribution in [0.3, 0.4) is 0 Å². The fourth-order valence-electron chi connectivity index (χ4n) is 2.69. The quantitative estimate of drug-likeness (QED) is 0.728. The maximum absolute atomic E-state index is 12.2. The molecule has 1 unspecified atom stereocenters. The van der Waals surface area contributed by atoms with Gasteiger partial charge in [-0.05, 0) is 47.8 Å². The molecule has 1 aliphatic heterocycles. The second kappa shape index (κ2) is 9.91. The van der Waals surface area contributed by atoms with Gasteiger partial charge in [-0.1, -0.05) is 12.8 Å². The van der Waals surface area contributed by atoms with E-state index in [0.29, 0.717) is 17.8 Å². The molecule has 2 heterocycles. The Kier molecular flexibility index (Phi) is 7.90. The Balaban J connectivity index is 1.70. The van der Waals surface area contributed by atoms with Gasteiger partial charge in [-0.3, -0.25) is 14.4 Å². The molecule has 25 heavy (non-hydrogen) atoms. The predicted molar refractivity (Wildman–Crippen MR) is 102 cm³/mol. The van der Waals surface area contributed by atoms with Gasteiger partial charge in [0.2, 0.25) is 11.8 Å². The number of halogens is 1. The number of rotatable bonds is 6.